The lowest BCUT2D eigenvalue weighted by Gasteiger charge is -2.08. The van der Waals surface area contributed by atoms with Gasteiger partial charge in [-0.3, -0.25) is 15.1 Å². The fourth-order valence-corrected chi connectivity index (χ4v) is 3.25. The third-order valence-corrected chi connectivity index (χ3v) is 4.64. The van der Waals surface area contributed by atoms with E-state index in [1.54, 1.807) is 24.7 Å². The fourth-order valence-electron chi connectivity index (χ4n) is 2.58. The molecule has 7 heteroatoms. The molecule has 0 saturated heterocycles. The second-order valence-corrected chi connectivity index (χ2v) is 6.62. The lowest BCUT2D eigenvalue weighted by atomic mass is 10.2. The Bertz CT molecular complexity index is 1050. The molecular weight excluding hydrogens is 360 g/mol. The van der Waals surface area contributed by atoms with Crippen LogP contribution in [0.5, 0.6) is 0 Å². The number of anilines is 1. The fraction of sp³-hybridized carbons (Fsp3) is 0.0500. The van der Waals surface area contributed by atoms with E-state index in [1.807, 2.05) is 58.6 Å². The molecule has 6 nitrogen and oxygen atoms in total. The molecule has 4 heterocycles. The van der Waals surface area contributed by atoms with Crippen LogP contribution in [0.4, 0.5) is 5.13 Å². The van der Waals surface area contributed by atoms with E-state index >= 15 is 0 Å². The summed E-state index contributed by atoms with van der Waals surface area (Å²) in [5, 5.41) is 5.29. The highest BCUT2D eigenvalue weighted by molar-refractivity contribution is 7.14. The largest absolute Gasteiger partial charge is 0.465 e. The number of hydrogen-bond donors (Lipinski definition) is 1. The smallest absolute Gasteiger partial charge is 0.274 e. The highest BCUT2D eigenvalue weighted by atomic mass is 32.1. The van der Waals surface area contributed by atoms with Crippen molar-refractivity contribution >= 4 is 34.5 Å². The van der Waals surface area contributed by atoms with Crippen LogP contribution < -0.4 is 5.32 Å². The number of rotatable bonds is 6. The van der Waals surface area contributed by atoms with Gasteiger partial charge in [0.25, 0.3) is 5.91 Å². The lowest BCUT2D eigenvalue weighted by molar-refractivity contribution is 0.101. The molecule has 0 aliphatic rings. The Balaban J connectivity index is 1.43. The maximum Gasteiger partial charge on any atom is 0.274 e. The van der Waals surface area contributed by atoms with E-state index in [9.17, 15) is 4.79 Å². The van der Waals surface area contributed by atoms with Gasteiger partial charge in [0, 0.05) is 30.5 Å². The Labute approximate surface area is 159 Å². The molecule has 4 aromatic rings. The molecule has 0 unspecified atom stereocenters. The predicted octanol–water partition coefficient (Wildman–Crippen LogP) is 4.40. The van der Waals surface area contributed by atoms with Gasteiger partial charge in [0.05, 0.1) is 12.0 Å². The second kappa shape index (κ2) is 7.84. The van der Waals surface area contributed by atoms with Crippen LogP contribution in [-0.2, 0) is 6.54 Å². The summed E-state index contributed by atoms with van der Waals surface area (Å²) in [4.78, 5) is 21.1. The third kappa shape index (κ3) is 4.21. The molecule has 0 fully saturated rings. The number of carbonyl (C=O) groups is 1. The monoisotopic (exact) mass is 376 g/mol. The summed E-state index contributed by atoms with van der Waals surface area (Å²) in [7, 11) is 0. The minimum absolute atomic E-state index is 0.190. The van der Waals surface area contributed by atoms with Crippen molar-refractivity contribution in [1.82, 2.24) is 14.5 Å². The van der Waals surface area contributed by atoms with Gasteiger partial charge in [0.1, 0.15) is 11.5 Å². The van der Waals surface area contributed by atoms with Crippen molar-refractivity contribution in [2.75, 3.05) is 5.32 Å². The van der Waals surface area contributed by atoms with Crippen molar-refractivity contribution in [2.24, 2.45) is 0 Å². The molecule has 0 aromatic carbocycles. The van der Waals surface area contributed by atoms with Gasteiger partial charge in [0.2, 0.25) is 0 Å². The zero-order chi connectivity index (χ0) is 18.5. The van der Waals surface area contributed by atoms with Crippen LogP contribution in [-0.4, -0.2) is 20.4 Å². The molecule has 0 atom stereocenters. The van der Waals surface area contributed by atoms with Gasteiger partial charge in [-0.2, -0.15) is 0 Å². The maximum atomic E-state index is 12.6. The number of hydrogen-bond acceptors (Lipinski definition) is 5. The van der Waals surface area contributed by atoms with Gasteiger partial charge in [0.15, 0.2) is 5.13 Å². The topological polar surface area (TPSA) is 73.0 Å². The van der Waals surface area contributed by atoms with Crippen molar-refractivity contribution < 1.29 is 9.21 Å². The van der Waals surface area contributed by atoms with Gasteiger partial charge in [-0.15, -0.1) is 11.3 Å². The minimum atomic E-state index is -0.190. The summed E-state index contributed by atoms with van der Waals surface area (Å²) in [5.41, 5.74) is 2.42. The number of nitrogens with zero attached hydrogens (tertiary/aromatic N) is 3. The zero-order valence-electron chi connectivity index (χ0n) is 14.3. The molecule has 1 N–H and O–H groups in total. The van der Waals surface area contributed by atoms with Crippen LogP contribution in [0.3, 0.4) is 0 Å². The number of carbonyl (C=O) groups excluding carboxylic acids is 1. The second-order valence-electron chi connectivity index (χ2n) is 5.76. The van der Waals surface area contributed by atoms with Gasteiger partial charge < -0.3 is 8.98 Å². The number of thiazole rings is 1. The molecule has 0 saturated carbocycles. The average molecular weight is 376 g/mol. The van der Waals surface area contributed by atoms with E-state index in [0.29, 0.717) is 17.4 Å². The Morgan fingerprint density at radius 1 is 1.19 bits per heavy atom. The first-order valence-corrected chi connectivity index (χ1v) is 9.18. The van der Waals surface area contributed by atoms with E-state index in [1.165, 1.54) is 11.3 Å². The Morgan fingerprint density at radius 2 is 2.07 bits per heavy atom. The average Bonchev–Trinajstić information content (AvgIpc) is 3.43. The molecular formula is C20H16N4O2S. The van der Waals surface area contributed by atoms with Crippen molar-refractivity contribution in [3.05, 3.63) is 89.3 Å². The number of pyridine rings is 1. The van der Waals surface area contributed by atoms with Crippen LogP contribution in [0.25, 0.3) is 12.2 Å². The first kappa shape index (κ1) is 17.0. The van der Waals surface area contributed by atoms with E-state index in [0.717, 1.165) is 17.0 Å². The first-order chi connectivity index (χ1) is 13.3. The summed E-state index contributed by atoms with van der Waals surface area (Å²) in [5.74, 6) is 0.562. The molecule has 0 aliphatic carbocycles. The molecule has 4 rings (SSSR count). The Kier molecular flexibility index (Phi) is 4.93. The van der Waals surface area contributed by atoms with Gasteiger partial charge in [-0.1, -0.05) is 0 Å². The quantitative estimate of drug-likeness (QED) is 0.541. The molecule has 0 bridgehead atoms. The first-order valence-electron chi connectivity index (χ1n) is 8.30. The van der Waals surface area contributed by atoms with E-state index in [2.05, 4.69) is 15.3 Å². The normalized spacial score (nSPS) is 11.1. The molecule has 0 radical (unpaired) electrons. The minimum Gasteiger partial charge on any atom is -0.465 e. The summed E-state index contributed by atoms with van der Waals surface area (Å²) < 4.78 is 7.15. The predicted molar refractivity (Wildman–Crippen MR) is 105 cm³/mol. The SMILES string of the molecule is O=C(Nc1nc(/C=C/c2ccco2)cs1)c1cccn1Cc1ccncc1. The molecule has 0 spiro atoms. The van der Waals surface area contributed by atoms with Gasteiger partial charge >= 0.3 is 0 Å². The van der Waals surface area contributed by atoms with Gasteiger partial charge in [-0.05, 0) is 54.1 Å². The Hall–Kier alpha value is -3.45. The summed E-state index contributed by atoms with van der Waals surface area (Å²) in [6.45, 7) is 0.604. The molecule has 27 heavy (non-hydrogen) atoms. The molecule has 4 aromatic heterocycles. The van der Waals surface area contributed by atoms with E-state index < -0.39 is 0 Å². The maximum absolute atomic E-state index is 12.6. The number of amides is 1. The number of furan rings is 1. The number of nitrogens with one attached hydrogen (secondary N) is 1. The standard InChI is InChI=1S/C20H16N4O2S/c25-19(18-4-1-11-24(18)13-15-7-9-21-10-8-15)23-20-22-16(14-27-20)5-6-17-3-2-12-26-17/h1-12,14H,13H2,(H,22,23,25)/b6-5+. The summed E-state index contributed by atoms with van der Waals surface area (Å²) in [6.07, 6.45) is 10.7. The highest BCUT2D eigenvalue weighted by Gasteiger charge is 2.13. The molecule has 134 valence electrons. The van der Waals surface area contributed by atoms with Crippen molar-refractivity contribution in [3.8, 4) is 0 Å². The van der Waals surface area contributed by atoms with Crippen LogP contribution in [0.2, 0.25) is 0 Å². The third-order valence-electron chi connectivity index (χ3n) is 3.87. The van der Waals surface area contributed by atoms with Crippen molar-refractivity contribution in [1.29, 1.82) is 0 Å². The molecule has 0 aliphatic heterocycles. The highest BCUT2D eigenvalue weighted by Crippen LogP contribution is 2.19. The van der Waals surface area contributed by atoms with Crippen molar-refractivity contribution in [2.45, 2.75) is 6.54 Å². The zero-order valence-corrected chi connectivity index (χ0v) is 15.1. The summed E-state index contributed by atoms with van der Waals surface area (Å²) >= 11 is 1.38. The van der Waals surface area contributed by atoms with Gasteiger partial charge in [-0.25, -0.2) is 4.98 Å². The van der Waals surface area contributed by atoms with E-state index in [4.69, 9.17) is 4.42 Å². The van der Waals surface area contributed by atoms with Crippen LogP contribution in [0.1, 0.15) is 27.5 Å². The van der Waals surface area contributed by atoms with Crippen LogP contribution in [0.15, 0.2) is 71.0 Å². The lowest BCUT2D eigenvalue weighted by Crippen LogP contribution is -2.17. The summed E-state index contributed by atoms with van der Waals surface area (Å²) in [6, 6.07) is 11.2. The van der Waals surface area contributed by atoms with Crippen LogP contribution in [0, 0.1) is 0 Å². The molecule has 1 amide bonds. The Morgan fingerprint density at radius 3 is 2.89 bits per heavy atom. The van der Waals surface area contributed by atoms with E-state index in [-0.39, 0.29) is 5.91 Å². The van der Waals surface area contributed by atoms with Crippen LogP contribution >= 0.6 is 11.3 Å². The number of aromatic nitrogens is 3. The van der Waals surface area contributed by atoms with Crippen molar-refractivity contribution in [3.63, 3.8) is 0 Å².